The fraction of sp³-hybridized carbons (Fsp3) is 0.176. The SMILES string of the molecule is CC(=O)c1ccc2c(c1O)C(c1ccc(O)c(Cl)c1)CC(=O)O2. The minimum absolute atomic E-state index is 0.00300. The van der Waals surface area contributed by atoms with Crippen molar-refractivity contribution in [2.45, 2.75) is 19.3 Å². The highest BCUT2D eigenvalue weighted by molar-refractivity contribution is 6.32. The van der Waals surface area contributed by atoms with Crippen molar-refractivity contribution in [2.24, 2.45) is 0 Å². The lowest BCUT2D eigenvalue weighted by Crippen LogP contribution is -2.21. The van der Waals surface area contributed by atoms with Crippen LogP contribution in [-0.2, 0) is 4.79 Å². The fourth-order valence-corrected chi connectivity index (χ4v) is 2.95. The Bertz CT molecular complexity index is 828. The summed E-state index contributed by atoms with van der Waals surface area (Å²) < 4.78 is 5.16. The summed E-state index contributed by atoms with van der Waals surface area (Å²) >= 11 is 5.94. The van der Waals surface area contributed by atoms with Gasteiger partial charge in [-0.1, -0.05) is 17.7 Å². The van der Waals surface area contributed by atoms with Crippen LogP contribution in [-0.4, -0.2) is 22.0 Å². The minimum atomic E-state index is -0.511. The van der Waals surface area contributed by atoms with Gasteiger partial charge in [0.05, 0.1) is 17.0 Å². The molecule has 0 radical (unpaired) electrons. The topological polar surface area (TPSA) is 83.8 Å². The number of phenolic OH excluding ortho intramolecular Hbond substituents is 2. The largest absolute Gasteiger partial charge is 0.507 e. The Labute approximate surface area is 137 Å². The number of hydrogen-bond donors (Lipinski definition) is 2. The fourth-order valence-electron chi connectivity index (χ4n) is 2.76. The number of phenols is 2. The number of ether oxygens (including phenoxy) is 1. The van der Waals surface area contributed by atoms with E-state index >= 15 is 0 Å². The number of fused-ring (bicyclic) bond motifs is 1. The minimum Gasteiger partial charge on any atom is -0.507 e. The molecule has 2 aromatic carbocycles. The molecule has 2 aromatic rings. The van der Waals surface area contributed by atoms with E-state index in [0.29, 0.717) is 11.1 Å². The van der Waals surface area contributed by atoms with E-state index < -0.39 is 11.9 Å². The Balaban J connectivity index is 2.20. The van der Waals surface area contributed by atoms with Crippen molar-refractivity contribution in [3.8, 4) is 17.2 Å². The third-order valence-electron chi connectivity index (χ3n) is 3.87. The molecule has 0 spiro atoms. The van der Waals surface area contributed by atoms with E-state index in [1.807, 2.05) is 0 Å². The highest BCUT2D eigenvalue weighted by Crippen LogP contribution is 2.46. The molecule has 0 amide bonds. The lowest BCUT2D eigenvalue weighted by Gasteiger charge is -2.26. The number of halogens is 1. The molecule has 0 saturated carbocycles. The van der Waals surface area contributed by atoms with Crippen LogP contribution in [0.4, 0.5) is 0 Å². The molecule has 6 heteroatoms. The quantitative estimate of drug-likeness (QED) is 0.500. The molecular formula is C17H13ClO5. The van der Waals surface area contributed by atoms with E-state index in [1.54, 1.807) is 6.07 Å². The molecule has 3 rings (SSSR count). The first kappa shape index (κ1) is 15.4. The van der Waals surface area contributed by atoms with Crippen LogP contribution in [0.1, 0.15) is 40.7 Å². The molecular weight excluding hydrogens is 320 g/mol. The Morgan fingerprint density at radius 2 is 2.00 bits per heavy atom. The molecule has 0 aromatic heterocycles. The lowest BCUT2D eigenvalue weighted by atomic mass is 9.84. The van der Waals surface area contributed by atoms with Crippen molar-refractivity contribution in [1.82, 2.24) is 0 Å². The first-order valence-electron chi connectivity index (χ1n) is 6.94. The number of benzene rings is 2. The summed E-state index contributed by atoms with van der Waals surface area (Å²) in [6.45, 7) is 1.35. The summed E-state index contributed by atoms with van der Waals surface area (Å²) in [6, 6.07) is 7.49. The van der Waals surface area contributed by atoms with Crippen LogP contribution in [0.25, 0.3) is 0 Å². The molecule has 1 atom stereocenters. The van der Waals surface area contributed by atoms with Gasteiger partial charge in [0.2, 0.25) is 0 Å². The number of carbonyl (C=O) groups is 2. The molecule has 1 aliphatic heterocycles. The van der Waals surface area contributed by atoms with Gasteiger partial charge in [-0.25, -0.2) is 0 Å². The van der Waals surface area contributed by atoms with Gasteiger partial charge in [-0.15, -0.1) is 0 Å². The van der Waals surface area contributed by atoms with Crippen LogP contribution in [0.2, 0.25) is 5.02 Å². The molecule has 1 heterocycles. The summed E-state index contributed by atoms with van der Waals surface area (Å²) in [5.41, 5.74) is 1.18. The Morgan fingerprint density at radius 3 is 2.65 bits per heavy atom. The highest BCUT2D eigenvalue weighted by Gasteiger charge is 2.33. The summed E-state index contributed by atoms with van der Waals surface area (Å²) in [4.78, 5) is 23.5. The first-order chi connectivity index (χ1) is 10.9. The molecule has 0 fully saturated rings. The van der Waals surface area contributed by atoms with Crippen molar-refractivity contribution in [3.63, 3.8) is 0 Å². The van der Waals surface area contributed by atoms with E-state index in [1.165, 1.54) is 31.2 Å². The number of Topliss-reactive ketones (excluding diaryl/α,β-unsaturated/α-hetero) is 1. The monoisotopic (exact) mass is 332 g/mol. The molecule has 1 unspecified atom stereocenters. The smallest absolute Gasteiger partial charge is 0.312 e. The highest BCUT2D eigenvalue weighted by atomic mass is 35.5. The van der Waals surface area contributed by atoms with Gasteiger partial charge in [0, 0.05) is 11.5 Å². The third kappa shape index (κ3) is 2.64. The van der Waals surface area contributed by atoms with E-state index in [9.17, 15) is 19.8 Å². The number of rotatable bonds is 2. The summed E-state index contributed by atoms with van der Waals surface area (Å²) in [7, 11) is 0. The zero-order valence-corrected chi connectivity index (χ0v) is 12.9. The van der Waals surface area contributed by atoms with Crippen LogP contribution in [0, 0.1) is 0 Å². The van der Waals surface area contributed by atoms with Crippen molar-refractivity contribution < 1.29 is 24.5 Å². The maximum atomic E-state index is 11.8. The van der Waals surface area contributed by atoms with E-state index in [4.69, 9.17) is 16.3 Å². The summed E-state index contributed by atoms with van der Waals surface area (Å²) in [5.74, 6) is -1.29. The molecule has 0 bridgehead atoms. The van der Waals surface area contributed by atoms with Gasteiger partial charge in [0.1, 0.15) is 17.2 Å². The van der Waals surface area contributed by atoms with Crippen molar-refractivity contribution in [3.05, 3.63) is 52.0 Å². The van der Waals surface area contributed by atoms with E-state index in [-0.39, 0.29) is 40.0 Å². The van der Waals surface area contributed by atoms with Gasteiger partial charge in [-0.2, -0.15) is 0 Å². The van der Waals surface area contributed by atoms with Crippen LogP contribution < -0.4 is 4.74 Å². The summed E-state index contributed by atoms with van der Waals surface area (Å²) in [5, 5.41) is 20.1. The number of aromatic hydroxyl groups is 2. The van der Waals surface area contributed by atoms with E-state index in [0.717, 1.165) is 0 Å². The third-order valence-corrected chi connectivity index (χ3v) is 4.18. The second-order valence-electron chi connectivity index (χ2n) is 5.37. The van der Waals surface area contributed by atoms with Gasteiger partial charge >= 0.3 is 5.97 Å². The average molecular weight is 333 g/mol. The van der Waals surface area contributed by atoms with E-state index in [2.05, 4.69) is 0 Å². The molecule has 5 nitrogen and oxygen atoms in total. The second-order valence-corrected chi connectivity index (χ2v) is 5.78. The van der Waals surface area contributed by atoms with Crippen LogP contribution in [0.15, 0.2) is 30.3 Å². The molecule has 0 saturated heterocycles. The van der Waals surface area contributed by atoms with Crippen molar-refractivity contribution >= 4 is 23.4 Å². The molecule has 23 heavy (non-hydrogen) atoms. The van der Waals surface area contributed by atoms with Crippen LogP contribution in [0.3, 0.4) is 0 Å². The Kier molecular flexibility index (Phi) is 3.74. The number of esters is 1. The number of hydrogen-bond acceptors (Lipinski definition) is 5. The predicted octanol–water partition coefficient (Wildman–Crippen LogP) is 3.39. The predicted molar refractivity (Wildman–Crippen MR) is 83.3 cm³/mol. The Morgan fingerprint density at radius 1 is 1.26 bits per heavy atom. The average Bonchev–Trinajstić information content (AvgIpc) is 2.49. The zero-order chi connectivity index (χ0) is 16.7. The molecule has 0 aliphatic carbocycles. The number of carbonyl (C=O) groups excluding carboxylic acids is 2. The normalized spacial score (nSPS) is 16.6. The van der Waals surface area contributed by atoms with Gasteiger partial charge in [0.25, 0.3) is 0 Å². The number of ketones is 1. The molecule has 118 valence electrons. The maximum absolute atomic E-state index is 11.8. The standard InChI is InChI=1S/C17H13ClO5/c1-8(19)10-3-5-14-16(17(10)22)11(7-15(21)23-14)9-2-4-13(20)12(18)6-9/h2-6,11,20,22H,7H2,1H3. The second kappa shape index (κ2) is 5.59. The molecule has 1 aliphatic rings. The van der Waals surface area contributed by atoms with Gasteiger partial charge in [-0.05, 0) is 36.8 Å². The first-order valence-corrected chi connectivity index (χ1v) is 7.32. The van der Waals surface area contributed by atoms with Gasteiger partial charge in [-0.3, -0.25) is 9.59 Å². The van der Waals surface area contributed by atoms with Crippen molar-refractivity contribution in [2.75, 3.05) is 0 Å². The van der Waals surface area contributed by atoms with Crippen LogP contribution in [0.5, 0.6) is 17.2 Å². The van der Waals surface area contributed by atoms with Crippen LogP contribution >= 0.6 is 11.6 Å². The van der Waals surface area contributed by atoms with Crippen molar-refractivity contribution in [1.29, 1.82) is 0 Å². The maximum Gasteiger partial charge on any atom is 0.312 e. The Hall–Kier alpha value is -2.53. The van der Waals surface area contributed by atoms with Gasteiger partial charge < -0.3 is 14.9 Å². The molecule has 2 N–H and O–H groups in total. The zero-order valence-electron chi connectivity index (χ0n) is 12.2. The lowest BCUT2D eigenvalue weighted by molar-refractivity contribution is -0.135. The summed E-state index contributed by atoms with van der Waals surface area (Å²) in [6.07, 6.45) is 0.00300. The van der Waals surface area contributed by atoms with Gasteiger partial charge in [0.15, 0.2) is 5.78 Å².